The van der Waals surface area contributed by atoms with E-state index in [1.165, 1.54) is 18.0 Å². The summed E-state index contributed by atoms with van der Waals surface area (Å²) in [6.07, 6.45) is 1.41. The molecule has 2 aromatic heterocycles. The molecule has 0 radical (unpaired) electrons. The minimum absolute atomic E-state index is 0.0140. The zero-order valence-corrected chi connectivity index (χ0v) is 16.3. The Kier molecular flexibility index (Phi) is 6.91. The molecule has 0 spiro atoms. The fourth-order valence-corrected chi connectivity index (χ4v) is 3.74. The van der Waals surface area contributed by atoms with Gasteiger partial charge in [-0.05, 0) is 12.1 Å². The Morgan fingerprint density at radius 3 is 2.71 bits per heavy atom. The summed E-state index contributed by atoms with van der Waals surface area (Å²) in [6.45, 7) is 4.83. The van der Waals surface area contributed by atoms with Crippen LogP contribution in [-0.4, -0.2) is 71.1 Å². The monoisotopic (exact) mass is 442 g/mol. The van der Waals surface area contributed by atoms with Crippen LogP contribution in [0.4, 0.5) is 13.2 Å². The smallest absolute Gasteiger partial charge is 0.475 e. The maximum absolute atomic E-state index is 12.3. The van der Waals surface area contributed by atoms with Crippen LogP contribution >= 0.6 is 0 Å². The first-order chi connectivity index (χ1) is 14.7. The number of aromatic nitrogens is 2. The maximum Gasteiger partial charge on any atom is 0.490 e. The van der Waals surface area contributed by atoms with Crippen molar-refractivity contribution in [3.63, 3.8) is 0 Å². The average molecular weight is 442 g/mol. The number of carbonyl (C=O) groups is 2. The van der Waals surface area contributed by atoms with Gasteiger partial charge in [-0.25, -0.2) is 4.79 Å². The lowest BCUT2D eigenvalue weighted by Crippen LogP contribution is -2.43. The highest BCUT2D eigenvalue weighted by atomic mass is 19.4. The van der Waals surface area contributed by atoms with E-state index in [2.05, 4.69) is 20.4 Å². The number of alkyl halides is 3. The van der Waals surface area contributed by atoms with E-state index in [0.717, 1.165) is 26.2 Å². The van der Waals surface area contributed by atoms with E-state index in [1.807, 2.05) is 6.07 Å². The summed E-state index contributed by atoms with van der Waals surface area (Å²) in [6, 6.07) is 3.66. The third-order valence-corrected chi connectivity index (χ3v) is 5.27. The molecule has 2 fully saturated rings. The molecule has 2 saturated heterocycles. The number of hydrogen-bond acceptors (Lipinski definition) is 7. The third-order valence-electron chi connectivity index (χ3n) is 5.27. The summed E-state index contributed by atoms with van der Waals surface area (Å²) in [5.74, 6) is -2.43. The van der Waals surface area contributed by atoms with Gasteiger partial charge in [0.25, 0.3) is 5.91 Å². The Morgan fingerprint density at radius 1 is 1.32 bits per heavy atom. The molecule has 0 aliphatic carbocycles. The van der Waals surface area contributed by atoms with Crippen molar-refractivity contribution >= 4 is 11.9 Å². The molecule has 12 heteroatoms. The van der Waals surface area contributed by atoms with Gasteiger partial charge in [-0.1, -0.05) is 0 Å². The SMILES string of the molecule is O=C(NC[C@]12COC[C@H]1CN(Cc1ccoc1)C2)c1ccnnc1.O=C(O)C(F)(F)F. The molecular weight excluding hydrogens is 421 g/mol. The van der Waals surface area contributed by atoms with Crippen LogP contribution in [0.2, 0.25) is 0 Å². The Balaban J connectivity index is 0.000000339. The van der Waals surface area contributed by atoms with E-state index in [0.29, 0.717) is 24.6 Å². The Labute approximate surface area is 175 Å². The molecule has 0 saturated carbocycles. The minimum Gasteiger partial charge on any atom is -0.475 e. The zero-order valence-electron chi connectivity index (χ0n) is 16.3. The molecule has 9 nitrogen and oxygen atoms in total. The topological polar surface area (TPSA) is 118 Å². The van der Waals surface area contributed by atoms with Crippen molar-refractivity contribution in [2.24, 2.45) is 11.3 Å². The average Bonchev–Trinajstić information content (AvgIpc) is 3.43. The molecule has 31 heavy (non-hydrogen) atoms. The molecule has 2 aliphatic heterocycles. The Bertz CT molecular complexity index is 878. The van der Waals surface area contributed by atoms with Gasteiger partial charge in [-0.15, -0.1) is 0 Å². The summed E-state index contributed by atoms with van der Waals surface area (Å²) in [5, 5.41) is 17.6. The number of rotatable bonds is 5. The van der Waals surface area contributed by atoms with Crippen molar-refractivity contribution in [1.82, 2.24) is 20.4 Å². The maximum atomic E-state index is 12.3. The number of carboxylic acids is 1. The summed E-state index contributed by atoms with van der Waals surface area (Å²) in [5.41, 5.74) is 1.70. The molecule has 1 amide bonds. The molecule has 0 unspecified atom stereocenters. The molecule has 0 bridgehead atoms. The number of ether oxygens (including phenoxy) is 1. The van der Waals surface area contributed by atoms with Gasteiger partial charge in [0.05, 0.1) is 43.7 Å². The molecule has 2 atom stereocenters. The highest BCUT2D eigenvalue weighted by Gasteiger charge is 2.50. The van der Waals surface area contributed by atoms with Crippen LogP contribution in [0.5, 0.6) is 0 Å². The normalized spacial score (nSPS) is 23.0. The van der Waals surface area contributed by atoms with Gasteiger partial charge in [0.2, 0.25) is 0 Å². The summed E-state index contributed by atoms with van der Waals surface area (Å²) in [7, 11) is 0. The lowest BCUT2D eigenvalue weighted by molar-refractivity contribution is -0.192. The lowest BCUT2D eigenvalue weighted by atomic mass is 9.81. The van der Waals surface area contributed by atoms with Gasteiger partial charge >= 0.3 is 12.1 Å². The highest BCUT2D eigenvalue weighted by Crippen LogP contribution is 2.41. The first-order valence-electron chi connectivity index (χ1n) is 9.36. The molecule has 2 N–H and O–H groups in total. The van der Waals surface area contributed by atoms with E-state index in [-0.39, 0.29) is 11.3 Å². The fraction of sp³-hybridized carbons (Fsp3) is 0.474. The standard InChI is InChI=1S/C17H20N4O3.C2HF3O2/c22-16(14-1-3-19-20-5-14)18-10-17-11-21(6-13-2-4-23-8-13)7-15(17)9-24-12-17;3-2(4,5)1(6)7/h1-5,8,15H,6-7,9-12H2,(H,18,22);(H,6,7)/t15-,17+;/m1./s1. The number of furan rings is 1. The quantitative estimate of drug-likeness (QED) is 0.717. The number of carbonyl (C=O) groups excluding carboxylic acids is 1. The Hall–Kier alpha value is -2.99. The second-order valence-electron chi connectivity index (χ2n) is 7.49. The minimum atomic E-state index is -5.08. The molecule has 4 heterocycles. The first kappa shape index (κ1) is 22.7. The molecular formula is C19H21F3N4O5. The number of halogens is 3. The van der Waals surface area contributed by atoms with Crippen molar-refractivity contribution in [3.05, 3.63) is 48.2 Å². The summed E-state index contributed by atoms with van der Waals surface area (Å²) < 4.78 is 42.6. The van der Waals surface area contributed by atoms with Gasteiger partial charge in [0.15, 0.2) is 0 Å². The number of nitrogens with zero attached hydrogens (tertiary/aromatic N) is 3. The number of likely N-dealkylation sites (tertiary alicyclic amines) is 1. The van der Waals surface area contributed by atoms with E-state index in [4.69, 9.17) is 19.1 Å². The van der Waals surface area contributed by atoms with Crippen LogP contribution < -0.4 is 5.32 Å². The van der Waals surface area contributed by atoms with Gasteiger partial charge in [-0.2, -0.15) is 23.4 Å². The number of amides is 1. The van der Waals surface area contributed by atoms with Gasteiger partial charge < -0.3 is 19.6 Å². The van der Waals surface area contributed by atoms with Crippen LogP contribution in [0, 0.1) is 11.3 Å². The Morgan fingerprint density at radius 2 is 2.10 bits per heavy atom. The van der Waals surface area contributed by atoms with E-state index in [1.54, 1.807) is 18.6 Å². The number of hydrogen-bond donors (Lipinski definition) is 2. The van der Waals surface area contributed by atoms with E-state index >= 15 is 0 Å². The van der Waals surface area contributed by atoms with Crippen LogP contribution in [0.25, 0.3) is 0 Å². The van der Waals surface area contributed by atoms with Gasteiger partial charge in [0, 0.05) is 43.1 Å². The molecule has 4 rings (SSSR count). The summed E-state index contributed by atoms with van der Waals surface area (Å²) in [4.78, 5) is 23.6. The second kappa shape index (κ2) is 9.43. The van der Waals surface area contributed by atoms with E-state index < -0.39 is 12.1 Å². The molecule has 2 aromatic rings. The van der Waals surface area contributed by atoms with Crippen molar-refractivity contribution in [3.8, 4) is 0 Å². The van der Waals surface area contributed by atoms with Crippen LogP contribution in [0.1, 0.15) is 15.9 Å². The molecule has 0 aromatic carbocycles. The predicted molar refractivity (Wildman–Crippen MR) is 98.8 cm³/mol. The van der Waals surface area contributed by atoms with Crippen LogP contribution in [-0.2, 0) is 16.1 Å². The summed E-state index contributed by atoms with van der Waals surface area (Å²) >= 11 is 0. The first-order valence-corrected chi connectivity index (χ1v) is 9.36. The van der Waals surface area contributed by atoms with Crippen molar-refractivity contribution in [2.75, 3.05) is 32.8 Å². The van der Waals surface area contributed by atoms with Crippen LogP contribution in [0.3, 0.4) is 0 Å². The van der Waals surface area contributed by atoms with Crippen molar-refractivity contribution in [2.45, 2.75) is 12.7 Å². The zero-order chi connectivity index (χ0) is 22.5. The van der Waals surface area contributed by atoms with Gasteiger partial charge in [0.1, 0.15) is 0 Å². The number of fused-ring (bicyclic) bond motifs is 1. The number of carboxylic acid groups (broad SMARTS) is 1. The number of aliphatic carboxylic acids is 1. The molecule has 168 valence electrons. The van der Waals surface area contributed by atoms with Crippen molar-refractivity contribution < 1.29 is 37.0 Å². The lowest BCUT2D eigenvalue weighted by Gasteiger charge is -2.27. The van der Waals surface area contributed by atoms with Gasteiger partial charge in [-0.3, -0.25) is 9.69 Å². The number of nitrogens with one attached hydrogen (secondary N) is 1. The van der Waals surface area contributed by atoms with Crippen molar-refractivity contribution in [1.29, 1.82) is 0 Å². The largest absolute Gasteiger partial charge is 0.490 e. The predicted octanol–water partition coefficient (Wildman–Crippen LogP) is 1.58. The van der Waals surface area contributed by atoms with E-state index in [9.17, 15) is 18.0 Å². The third kappa shape index (κ3) is 5.79. The second-order valence-corrected chi connectivity index (χ2v) is 7.49. The fourth-order valence-electron chi connectivity index (χ4n) is 3.74. The molecule has 2 aliphatic rings. The highest BCUT2D eigenvalue weighted by molar-refractivity contribution is 5.93. The van der Waals surface area contributed by atoms with Crippen LogP contribution in [0.15, 0.2) is 41.5 Å².